The van der Waals surface area contributed by atoms with E-state index in [1.807, 2.05) is 0 Å². The Kier molecular flexibility index (Phi) is 4.95. The van der Waals surface area contributed by atoms with Crippen LogP contribution in [0.5, 0.6) is 0 Å². The number of nitrogens with zero attached hydrogens (tertiary/aromatic N) is 1. The maximum absolute atomic E-state index is 5.56. The van der Waals surface area contributed by atoms with Crippen molar-refractivity contribution in [3.63, 3.8) is 0 Å². The summed E-state index contributed by atoms with van der Waals surface area (Å²) in [6.45, 7) is 5.20. The summed E-state index contributed by atoms with van der Waals surface area (Å²) in [7, 11) is 0. The van der Waals surface area contributed by atoms with E-state index in [1.165, 1.54) is 36.3 Å². The topological polar surface area (TPSA) is 24.5 Å². The average molecular weight is 333 g/mol. The van der Waals surface area contributed by atoms with E-state index in [1.54, 1.807) is 0 Å². The molecule has 2 saturated heterocycles. The molecule has 0 aromatic heterocycles. The Balaban J connectivity index is 1.30. The van der Waals surface area contributed by atoms with Gasteiger partial charge < -0.3 is 10.1 Å². The first-order valence-electron chi connectivity index (χ1n) is 9.05. The standard InChI is InChI=1S/C19H28N2OS/c1-2-4-16(5-3-1)17-12-18(13-17)20-14-19(6-11-23-15-19)21-7-9-22-10-8-21/h1-5,17-18,20H,6-15H2. The van der Waals surface area contributed by atoms with Gasteiger partial charge in [-0.1, -0.05) is 30.3 Å². The second-order valence-corrected chi connectivity index (χ2v) is 8.39. The summed E-state index contributed by atoms with van der Waals surface area (Å²) in [5.74, 6) is 3.37. The maximum Gasteiger partial charge on any atom is 0.0594 e. The van der Waals surface area contributed by atoms with Crippen molar-refractivity contribution in [1.82, 2.24) is 10.2 Å². The lowest BCUT2D eigenvalue weighted by Crippen LogP contribution is -2.60. The molecule has 1 saturated carbocycles. The Hall–Kier alpha value is -0.550. The van der Waals surface area contributed by atoms with E-state index in [-0.39, 0.29) is 0 Å². The molecule has 1 aliphatic carbocycles. The van der Waals surface area contributed by atoms with Crippen molar-refractivity contribution in [3.8, 4) is 0 Å². The normalized spacial score (nSPS) is 35.1. The molecule has 0 radical (unpaired) electrons. The number of nitrogens with one attached hydrogen (secondary N) is 1. The van der Waals surface area contributed by atoms with Crippen LogP contribution in [0, 0.1) is 0 Å². The Bertz CT molecular complexity index is 491. The summed E-state index contributed by atoms with van der Waals surface area (Å²) in [6, 6.07) is 11.7. The Labute approximate surface area is 144 Å². The van der Waals surface area contributed by atoms with Crippen LogP contribution in [0.4, 0.5) is 0 Å². The van der Waals surface area contributed by atoms with E-state index >= 15 is 0 Å². The molecule has 23 heavy (non-hydrogen) atoms. The molecular formula is C19H28N2OS. The monoisotopic (exact) mass is 332 g/mol. The molecule has 1 atom stereocenters. The van der Waals surface area contributed by atoms with E-state index in [9.17, 15) is 0 Å². The van der Waals surface area contributed by atoms with E-state index in [4.69, 9.17) is 4.74 Å². The first-order valence-corrected chi connectivity index (χ1v) is 10.2. The SMILES string of the molecule is c1ccc(C2CC(NCC3(N4CCOCC4)CCSC3)C2)cc1. The van der Waals surface area contributed by atoms with Gasteiger partial charge in [0.1, 0.15) is 0 Å². The number of morpholine rings is 1. The van der Waals surface area contributed by atoms with Crippen LogP contribution in [-0.4, -0.2) is 60.8 Å². The van der Waals surface area contributed by atoms with Gasteiger partial charge in [-0.15, -0.1) is 0 Å². The van der Waals surface area contributed by atoms with Gasteiger partial charge in [-0.25, -0.2) is 0 Å². The Morgan fingerprint density at radius 3 is 2.65 bits per heavy atom. The zero-order valence-corrected chi connectivity index (χ0v) is 14.7. The van der Waals surface area contributed by atoms with Crippen molar-refractivity contribution in [1.29, 1.82) is 0 Å². The van der Waals surface area contributed by atoms with Crippen LogP contribution in [0.15, 0.2) is 30.3 Å². The fourth-order valence-corrected chi connectivity index (χ4v) is 5.73. The molecule has 0 amide bonds. The van der Waals surface area contributed by atoms with Crippen LogP contribution in [0.3, 0.4) is 0 Å². The van der Waals surface area contributed by atoms with Crippen LogP contribution >= 0.6 is 11.8 Å². The first-order chi connectivity index (χ1) is 11.4. The highest BCUT2D eigenvalue weighted by molar-refractivity contribution is 7.99. The second kappa shape index (κ2) is 7.14. The zero-order chi connectivity index (χ0) is 15.5. The fourth-order valence-electron chi connectivity index (χ4n) is 4.25. The van der Waals surface area contributed by atoms with Crippen LogP contribution in [0.1, 0.15) is 30.7 Å². The predicted octanol–water partition coefficient (Wildman–Crippen LogP) is 2.73. The summed E-state index contributed by atoms with van der Waals surface area (Å²) in [6.07, 6.45) is 3.94. The molecule has 1 unspecified atom stereocenters. The van der Waals surface area contributed by atoms with Gasteiger partial charge in [0.25, 0.3) is 0 Å². The molecule has 4 rings (SSSR count). The molecule has 4 heteroatoms. The smallest absolute Gasteiger partial charge is 0.0594 e. The van der Waals surface area contributed by atoms with Gasteiger partial charge in [-0.2, -0.15) is 11.8 Å². The molecule has 1 aromatic rings. The summed E-state index contributed by atoms with van der Waals surface area (Å²) in [4.78, 5) is 2.71. The van der Waals surface area contributed by atoms with Gasteiger partial charge in [0.05, 0.1) is 13.2 Å². The van der Waals surface area contributed by atoms with Gasteiger partial charge in [0.2, 0.25) is 0 Å². The summed E-state index contributed by atoms with van der Waals surface area (Å²) in [5, 5.41) is 3.90. The lowest BCUT2D eigenvalue weighted by molar-refractivity contribution is -0.0150. The van der Waals surface area contributed by atoms with Gasteiger partial charge in [0, 0.05) is 37.0 Å². The number of hydrogen-bond donors (Lipinski definition) is 1. The molecule has 0 spiro atoms. The van der Waals surface area contributed by atoms with Crippen LogP contribution in [0.25, 0.3) is 0 Å². The van der Waals surface area contributed by atoms with Crippen molar-refractivity contribution < 1.29 is 4.74 Å². The quantitative estimate of drug-likeness (QED) is 0.896. The average Bonchev–Trinajstić information content (AvgIpc) is 3.05. The second-order valence-electron chi connectivity index (χ2n) is 7.28. The third kappa shape index (κ3) is 3.46. The number of hydrogen-bond acceptors (Lipinski definition) is 4. The Morgan fingerprint density at radius 2 is 1.96 bits per heavy atom. The predicted molar refractivity (Wildman–Crippen MR) is 97.3 cm³/mol. The van der Waals surface area contributed by atoms with Crippen LogP contribution < -0.4 is 5.32 Å². The van der Waals surface area contributed by atoms with Crippen molar-refractivity contribution in [2.24, 2.45) is 0 Å². The summed E-state index contributed by atoms with van der Waals surface area (Å²) >= 11 is 2.13. The molecular weight excluding hydrogens is 304 g/mol. The maximum atomic E-state index is 5.56. The van der Waals surface area contributed by atoms with Gasteiger partial charge >= 0.3 is 0 Å². The molecule has 0 bridgehead atoms. The van der Waals surface area contributed by atoms with Crippen LogP contribution in [-0.2, 0) is 4.74 Å². The van der Waals surface area contributed by atoms with E-state index in [0.717, 1.165) is 38.8 Å². The van der Waals surface area contributed by atoms with Gasteiger partial charge in [-0.05, 0) is 36.5 Å². The third-order valence-corrected chi connectivity index (χ3v) is 7.13. The van der Waals surface area contributed by atoms with E-state index < -0.39 is 0 Å². The highest BCUT2D eigenvalue weighted by Crippen LogP contribution is 2.38. The summed E-state index contributed by atoms with van der Waals surface area (Å²) in [5.41, 5.74) is 1.90. The minimum atomic E-state index is 0.381. The molecule has 2 aliphatic heterocycles. The highest BCUT2D eigenvalue weighted by Gasteiger charge is 2.41. The number of ether oxygens (including phenoxy) is 1. The number of benzene rings is 1. The van der Waals surface area contributed by atoms with E-state index in [2.05, 4.69) is 52.3 Å². The minimum Gasteiger partial charge on any atom is -0.379 e. The van der Waals surface area contributed by atoms with Gasteiger partial charge in [-0.3, -0.25) is 4.90 Å². The fraction of sp³-hybridized carbons (Fsp3) is 0.684. The first kappa shape index (κ1) is 15.9. The minimum absolute atomic E-state index is 0.381. The van der Waals surface area contributed by atoms with Crippen LogP contribution in [0.2, 0.25) is 0 Å². The molecule has 126 valence electrons. The number of thioether (sulfide) groups is 1. The van der Waals surface area contributed by atoms with Crippen molar-refractivity contribution in [2.75, 3.05) is 44.4 Å². The molecule has 3 aliphatic rings. The molecule has 1 N–H and O–H groups in total. The van der Waals surface area contributed by atoms with Crippen molar-refractivity contribution in [2.45, 2.75) is 36.8 Å². The lowest BCUT2D eigenvalue weighted by Gasteiger charge is -2.45. The molecule has 1 aromatic carbocycles. The highest BCUT2D eigenvalue weighted by atomic mass is 32.2. The summed E-state index contributed by atoms with van der Waals surface area (Å²) < 4.78 is 5.56. The van der Waals surface area contributed by atoms with E-state index in [0.29, 0.717) is 11.6 Å². The van der Waals surface area contributed by atoms with Crippen molar-refractivity contribution >= 4 is 11.8 Å². The molecule has 3 nitrogen and oxygen atoms in total. The molecule has 2 heterocycles. The number of rotatable bonds is 5. The molecule has 3 fully saturated rings. The Morgan fingerprint density at radius 1 is 1.17 bits per heavy atom. The third-order valence-electron chi connectivity index (χ3n) is 5.89. The zero-order valence-electron chi connectivity index (χ0n) is 13.9. The largest absolute Gasteiger partial charge is 0.379 e. The van der Waals surface area contributed by atoms with Crippen molar-refractivity contribution in [3.05, 3.63) is 35.9 Å². The lowest BCUT2D eigenvalue weighted by atomic mass is 9.75. The van der Waals surface area contributed by atoms with Gasteiger partial charge in [0.15, 0.2) is 0 Å².